The molecule has 3 N–H and O–H groups in total. The molecule has 3 aromatic carbocycles. The Balaban J connectivity index is 1.34. The van der Waals surface area contributed by atoms with Crippen molar-refractivity contribution in [3.8, 4) is 0 Å². The Bertz CT molecular complexity index is 1510. The number of fused-ring (bicyclic) bond motifs is 2. The fraction of sp³-hybridized carbons (Fsp3) is 0.200. The van der Waals surface area contributed by atoms with Gasteiger partial charge in [0.25, 0.3) is 0 Å². The van der Waals surface area contributed by atoms with Crippen LogP contribution in [0.15, 0.2) is 95.5 Å². The van der Waals surface area contributed by atoms with E-state index >= 15 is 0 Å². The number of carbonyl (C=O) groups excluding carboxylic acids is 2. The van der Waals surface area contributed by atoms with Gasteiger partial charge in [0.2, 0.25) is 5.91 Å². The molecule has 2 aromatic heterocycles. The quantitative estimate of drug-likeness (QED) is 0.245. The lowest BCUT2D eigenvalue weighted by molar-refractivity contribution is -0.127. The van der Waals surface area contributed by atoms with Crippen molar-refractivity contribution in [3.63, 3.8) is 0 Å². The second-order valence-electron chi connectivity index (χ2n) is 9.43. The van der Waals surface area contributed by atoms with Crippen LogP contribution in [0.5, 0.6) is 0 Å². The maximum Gasteiger partial charge on any atom is 0.408 e. The molecule has 0 fully saturated rings. The van der Waals surface area contributed by atoms with Gasteiger partial charge in [0.05, 0.1) is 6.04 Å². The van der Waals surface area contributed by atoms with Crippen molar-refractivity contribution < 1.29 is 18.7 Å². The molecule has 0 radical (unpaired) electrons. The highest BCUT2D eigenvalue weighted by Gasteiger charge is 2.37. The van der Waals surface area contributed by atoms with Gasteiger partial charge in [-0.3, -0.25) is 4.79 Å². The molecule has 0 aliphatic heterocycles. The van der Waals surface area contributed by atoms with Crippen LogP contribution in [0.4, 0.5) is 4.79 Å². The van der Waals surface area contributed by atoms with Gasteiger partial charge in [-0.1, -0.05) is 66.7 Å². The summed E-state index contributed by atoms with van der Waals surface area (Å²) in [5, 5.41) is 7.81. The van der Waals surface area contributed by atoms with Crippen molar-refractivity contribution in [2.24, 2.45) is 0 Å². The Kier molecular flexibility index (Phi) is 6.68. The molecule has 2 amide bonds. The van der Waals surface area contributed by atoms with Crippen molar-refractivity contribution in [2.75, 3.05) is 0 Å². The third kappa shape index (κ3) is 5.35. The lowest BCUT2D eigenvalue weighted by Crippen LogP contribution is -2.58. The lowest BCUT2D eigenvalue weighted by Gasteiger charge is -2.30. The van der Waals surface area contributed by atoms with Crippen LogP contribution >= 0.6 is 0 Å². The van der Waals surface area contributed by atoms with Gasteiger partial charge in [0.15, 0.2) is 6.61 Å². The molecule has 0 saturated heterocycles. The number of furan rings is 1. The van der Waals surface area contributed by atoms with Crippen LogP contribution in [0, 0.1) is 0 Å². The Morgan fingerprint density at radius 2 is 1.73 bits per heavy atom. The summed E-state index contributed by atoms with van der Waals surface area (Å²) in [6.07, 6.45) is 1.44. The molecule has 5 rings (SSSR count). The van der Waals surface area contributed by atoms with Crippen LogP contribution in [0.2, 0.25) is 0 Å². The lowest BCUT2D eigenvalue weighted by atomic mass is 9.91. The zero-order chi connectivity index (χ0) is 25.8. The number of nitrogens with one attached hydrogen (secondary N) is 3. The van der Waals surface area contributed by atoms with E-state index in [0.29, 0.717) is 5.76 Å². The molecule has 37 heavy (non-hydrogen) atoms. The number of H-pyrrole nitrogens is 1. The summed E-state index contributed by atoms with van der Waals surface area (Å²) < 4.78 is 11.2. The predicted molar refractivity (Wildman–Crippen MR) is 143 cm³/mol. The third-order valence-electron chi connectivity index (χ3n) is 6.57. The highest BCUT2D eigenvalue weighted by Crippen LogP contribution is 2.24. The number of para-hydroxylation sites is 2. The minimum Gasteiger partial charge on any atom is -0.457 e. The molecule has 0 bridgehead atoms. The van der Waals surface area contributed by atoms with Crippen molar-refractivity contribution in [2.45, 2.75) is 38.5 Å². The number of amides is 2. The average Bonchev–Trinajstić information content (AvgIpc) is 3.51. The van der Waals surface area contributed by atoms with E-state index in [1.165, 1.54) is 0 Å². The molecular weight excluding hydrogens is 466 g/mol. The van der Waals surface area contributed by atoms with Crippen LogP contribution in [0.1, 0.15) is 36.8 Å². The fourth-order valence-corrected chi connectivity index (χ4v) is 4.53. The standard InChI is InChI=1S/C30H29N3O4/c1-20(21-10-4-3-5-11-21)32-28(34)30(2,17-23-18-31-26-14-8-7-13-25(23)26)33-29(35)36-19-24-16-22-12-6-9-15-27(22)37-24/h3-16,18,20,31H,17,19H2,1-2H3,(H,32,34)(H,33,35)/t20-,30-/m0/s1. The number of hydrogen-bond acceptors (Lipinski definition) is 4. The van der Waals surface area contributed by atoms with E-state index in [-0.39, 0.29) is 25.0 Å². The van der Waals surface area contributed by atoms with E-state index in [9.17, 15) is 9.59 Å². The Morgan fingerprint density at radius 1 is 1.00 bits per heavy atom. The second-order valence-corrected chi connectivity index (χ2v) is 9.43. The van der Waals surface area contributed by atoms with E-state index in [1.807, 2.05) is 98.0 Å². The third-order valence-corrected chi connectivity index (χ3v) is 6.57. The highest BCUT2D eigenvalue weighted by molar-refractivity contribution is 5.91. The average molecular weight is 496 g/mol. The van der Waals surface area contributed by atoms with E-state index in [1.54, 1.807) is 6.92 Å². The van der Waals surface area contributed by atoms with Crippen LogP contribution < -0.4 is 10.6 Å². The van der Waals surface area contributed by atoms with Crippen LogP contribution in [-0.4, -0.2) is 22.5 Å². The van der Waals surface area contributed by atoms with E-state index in [2.05, 4.69) is 15.6 Å². The Labute approximate surface area is 214 Å². The van der Waals surface area contributed by atoms with E-state index in [4.69, 9.17) is 9.15 Å². The number of aromatic nitrogens is 1. The molecule has 188 valence electrons. The predicted octanol–water partition coefficient (Wildman–Crippen LogP) is 6.02. The number of carbonyl (C=O) groups is 2. The van der Waals surface area contributed by atoms with Gasteiger partial charge in [-0.25, -0.2) is 4.79 Å². The summed E-state index contributed by atoms with van der Waals surface area (Å²) in [6, 6.07) is 26.7. The number of hydrogen-bond donors (Lipinski definition) is 3. The van der Waals surface area contributed by atoms with Crippen molar-refractivity contribution in [1.29, 1.82) is 0 Å². The van der Waals surface area contributed by atoms with Gasteiger partial charge in [-0.2, -0.15) is 0 Å². The first-order valence-corrected chi connectivity index (χ1v) is 12.2. The van der Waals surface area contributed by atoms with Crippen molar-refractivity contribution in [1.82, 2.24) is 15.6 Å². The van der Waals surface area contributed by atoms with Crippen LogP contribution in [0.25, 0.3) is 21.9 Å². The largest absolute Gasteiger partial charge is 0.457 e. The Hall–Kier alpha value is -4.52. The first kappa shape index (κ1) is 24.2. The molecule has 0 aliphatic carbocycles. The number of alkyl carbamates (subject to hydrolysis) is 1. The van der Waals surface area contributed by atoms with Gasteiger partial charge in [0.1, 0.15) is 16.9 Å². The molecule has 7 heteroatoms. The van der Waals surface area contributed by atoms with E-state index < -0.39 is 11.6 Å². The first-order chi connectivity index (χ1) is 17.9. The van der Waals surface area contributed by atoms with Gasteiger partial charge in [-0.15, -0.1) is 0 Å². The SMILES string of the molecule is C[C@H](NC(=O)[C@](C)(Cc1c[nH]c2ccccc12)NC(=O)OCc1cc2ccccc2o1)c1ccccc1. The van der Waals surface area contributed by atoms with Gasteiger partial charge >= 0.3 is 6.09 Å². The smallest absolute Gasteiger partial charge is 0.408 e. The summed E-state index contributed by atoms with van der Waals surface area (Å²) in [6.45, 7) is 3.58. The second kappa shape index (κ2) is 10.2. The number of rotatable bonds is 8. The molecule has 2 heterocycles. The number of ether oxygens (including phenoxy) is 1. The Morgan fingerprint density at radius 3 is 2.54 bits per heavy atom. The zero-order valence-electron chi connectivity index (χ0n) is 20.8. The summed E-state index contributed by atoms with van der Waals surface area (Å²) in [4.78, 5) is 29.8. The summed E-state index contributed by atoms with van der Waals surface area (Å²) in [7, 11) is 0. The molecule has 0 saturated carbocycles. The van der Waals surface area contributed by atoms with Crippen LogP contribution in [0.3, 0.4) is 0 Å². The molecule has 2 atom stereocenters. The normalized spacial score (nSPS) is 13.7. The summed E-state index contributed by atoms with van der Waals surface area (Å²) in [5.74, 6) is 0.214. The summed E-state index contributed by atoms with van der Waals surface area (Å²) in [5.41, 5.74) is 2.29. The fourth-order valence-electron chi connectivity index (χ4n) is 4.53. The molecule has 0 aliphatic rings. The zero-order valence-corrected chi connectivity index (χ0v) is 20.8. The van der Waals surface area contributed by atoms with Crippen molar-refractivity contribution >= 4 is 33.9 Å². The summed E-state index contributed by atoms with van der Waals surface area (Å²) >= 11 is 0. The minimum absolute atomic E-state index is 0.0499. The van der Waals surface area contributed by atoms with Crippen LogP contribution in [-0.2, 0) is 22.6 Å². The molecular formula is C30H29N3O4. The monoisotopic (exact) mass is 495 g/mol. The van der Waals surface area contributed by atoms with Gasteiger partial charge in [-0.05, 0) is 43.2 Å². The number of aromatic amines is 1. The maximum atomic E-state index is 13.6. The molecule has 5 aromatic rings. The highest BCUT2D eigenvalue weighted by atomic mass is 16.6. The number of benzene rings is 3. The molecule has 7 nitrogen and oxygen atoms in total. The maximum absolute atomic E-state index is 13.6. The van der Waals surface area contributed by atoms with E-state index in [0.717, 1.165) is 33.0 Å². The molecule has 0 spiro atoms. The van der Waals surface area contributed by atoms with Gasteiger partial charge < -0.3 is 24.8 Å². The topological polar surface area (TPSA) is 96.4 Å². The van der Waals surface area contributed by atoms with Crippen molar-refractivity contribution in [3.05, 3.63) is 108 Å². The first-order valence-electron chi connectivity index (χ1n) is 12.2. The molecule has 0 unspecified atom stereocenters. The van der Waals surface area contributed by atoms with Gasteiger partial charge in [0, 0.05) is 28.9 Å². The minimum atomic E-state index is -1.28.